The van der Waals surface area contributed by atoms with Crippen LogP contribution in [-0.2, 0) is 38.1 Å². The largest absolute Gasteiger partial charge is 0.456 e. The Hall–Kier alpha value is -4.67. The summed E-state index contributed by atoms with van der Waals surface area (Å²) in [6.07, 6.45) is -11.3. The number of esters is 3. The molecule has 58 heavy (non-hydrogen) atoms. The van der Waals surface area contributed by atoms with Crippen LogP contribution in [-0.4, -0.2) is 110 Å². The van der Waals surface area contributed by atoms with Gasteiger partial charge < -0.3 is 49.4 Å². The standard InChI is InChI=1S/C43H53NO14/c1-21-14-16-24(17-15-21)32(44-39(52)58-40(4,5)6)35(49)38(51)55-27-19-43(53)36(56-37(50)25-12-10-9-11-13-25)31-29(33(47)34(48)30(22(27)2)41(43,7)8)26(46)18-28-42(31,20-54-28)57-23(3)45/h9-17,26-29,31-32,34-36,46,48-49,53H,18-20H2,1-8H3,(H,44,52)/t26-,27-,28+,29-,31+,32-,34+,35+,36-,42-,43+/m0/s1. The fourth-order valence-corrected chi connectivity index (χ4v) is 9.29. The Balaban J connectivity index is 1.46. The van der Waals surface area contributed by atoms with Gasteiger partial charge in [-0.1, -0.05) is 61.9 Å². The van der Waals surface area contributed by atoms with Gasteiger partial charge >= 0.3 is 24.0 Å². The number of carbonyl (C=O) groups excluding carboxylic acids is 5. The third-order valence-electron chi connectivity index (χ3n) is 12.2. The lowest BCUT2D eigenvalue weighted by Gasteiger charge is -2.64. The number of ether oxygens (including phenoxy) is 5. The van der Waals surface area contributed by atoms with Crippen LogP contribution in [0.4, 0.5) is 4.79 Å². The molecule has 4 aliphatic rings. The lowest BCUT2D eigenvalue weighted by atomic mass is 9.49. The van der Waals surface area contributed by atoms with E-state index in [9.17, 15) is 44.4 Å². The van der Waals surface area contributed by atoms with Gasteiger partial charge in [0.25, 0.3) is 0 Å². The fraction of sp³-hybridized carbons (Fsp3) is 0.558. The first-order valence-corrected chi connectivity index (χ1v) is 19.4. The van der Waals surface area contributed by atoms with Crippen LogP contribution < -0.4 is 5.32 Å². The predicted octanol–water partition coefficient (Wildman–Crippen LogP) is 3.18. The van der Waals surface area contributed by atoms with Crippen LogP contribution in [0.15, 0.2) is 65.7 Å². The first-order chi connectivity index (χ1) is 27.0. The third kappa shape index (κ3) is 7.54. The van der Waals surface area contributed by atoms with Crippen molar-refractivity contribution in [3.8, 4) is 0 Å². The Bertz CT molecular complexity index is 1970. The average molecular weight is 808 g/mol. The monoisotopic (exact) mass is 807 g/mol. The van der Waals surface area contributed by atoms with Crippen molar-refractivity contribution in [2.24, 2.45) is 17.3 Å². The smallest absolute Gasteiger partial charge is 0.408 e. The molecular formula is C43H53NO14. The summed E-state index contributed by atoms with van der Waals surface area (Å²) in [4.78, 5) is 68.5. The summed E-state index contributed by atoms with van der Waals surface area (Å²) in [6.45, 7) is 12.3. The zero-order chi connectivity index (χ0) is 42.7. The number of benzene rings is 2. The van der Waals surface area contributed by atoms with E-state index < -0.39 is 113 Å². The van der Waals surface area contributed by atoms with E-state index in [4.69, 9.17) is 23.7 Å². The van der Waals surface area contributed by atoms with E-state index in [1.165, 1.54) is 19.1 Å². The van der Waals surface area contributed by atoms with Crippen molar-refractivity contribution in [1.29, 1.82) is 0 Å². The highest BCUT2D eigenvalue weighted by Crippen LogP contribution is 2.61. The van der Waals surface area contributed by atoms with E-state index in [0.717, 1.165) is 12.5 Å². The number of amides is 1. The van der Waals surface area contributed by atoms with Crippen LogP contribution in [0.25, 0.3) is 0 Å². The van der Waals surface area contributed by atoms with Crippen LogP contribution >= 0.6 is 0 Å². The maximum absolute atomic E-state index is 14.6. The molecular weight excluding hydrogens is 754 g/mol. The molecule has 1 aliphatic heterocycles. The van der Waals surface area contributed by atoms with Crippen LogP contribution in [0.3, 0.4) is 0 Å². The summed E-state index contributed by atoms with van der Waals surface area (Å²) in [7, 11) is 0. The number of alkyl carbamates (subject to hydrolysis) is 1. The van der Waals surface area contributed by atoms with Crippen molar-refractivity contribution in [1.82, 2.24) is 5.32 Å². The van der Waals surface area contributed by atoms with Gasteiger partial charge in [0.2, 0.25) is 0 Å². The topological polar surface area (TPSA) is 224 Å². The summed E-state index contributed by atoms with van der Waals surface area (Å²) < 4.78 is 29.4. The van der Waals surface area contributed by atoms with Gasteiger partial charge in [-0.05, 0) is 63.5 Å². The maximum Gasteiger partial charge on any atom is 0.408 e. The number of aliphatic hydroxyl groups excluding tert-OH is 3. The summed E-state index contributed by atoms with van der Waals surface area (Å²) in [6, 6.07) is 13.2. The zero-order valence-electron chi connectivity index (χ0n) is 33.9. The van der Waals surface area contributed by atoms with Crippen molar-refractivity contribution >= 4 is 29.8 Å². The van der Waals surface area contributed by atoms with Crippen molar-refractivity contribution < 1.29 is 68.1 Å². The zero-order valence-corrected chi connectivity index (χ0v) is 33.9. The van der Waals surface area contributed by atoms with Crippen molar-refractivity contribution in [2.75, 3.05) is 6.61 Å². The molecule has 2 aromatic carbocycles. The van der Waals surface area contributed by atoms with Gasteiger partial charge in [-0.15, -0.1) is 0 Å². The number of aryl methyl sites for hydroxylation is 1. The molecule has 0 radical (unpaired) electrons. The normalized spacial score (nSPS) is 32.4. The maximum atomic E-state index is 14.6. The molecule has 0 spiro atoms. The minimum atomic E-state index is -2.33. The molecule has 2 saturated carbocycles. The predicted molar refractivity (Wildman–Crippen MR) is 204 cm³/mol. The second-order valence-electron chi connectivity index (χ2n) is 17.5. The molecule has 1 saturated heterocycles. The lowest BCUT2D eigenvalue weighted by Crippen LogP contribution is -2.79. The Morgan fingerprint density at radius 2 is 1.60 bits per heavy atom. The number of hydrogen-bond acceptors (Lipinski definition) is 14. The molecule has 3 fully saturated rings. The third-order valence-corrected chi connectivity index (χ3v) is 12.2. The van der Waals surface area contributed by atoms with Crippen LogP contribution in [0.1, 0.15) is 88.8 Å². The number of carbonyl (C=O) groups is 5. The first kappa shape index (κ1) is 42.9. The second kappa shape index (κ2) is 15.5. The molecule has 1 heterocycles. The molecule has 11 atom stereocenters. The molecule has 3 aliphatic carbocycles. The van der Waals surface area contributed by atoms with Crippen LogP contribution in [0, 0.1) is 24.2 Å². The number of Topliss-reactive ketones (excluding diaryl/α,β-unsaturated/α-hetero) is 1. The number of aliphatic hydroxyl groups is 4. The van der Waals surface area contributed by atoms with E-state index in [0.29, 0.717) is 5.56 Å². The minimum Gasteiger partial charge on any atom is -0.456 e. The molecule has 2 aromatic rings. The number of nitrogens with one attached hydrogen (secondary N) is 1. The van der Waals surface area contributed by atoms with Gasteiger partial charge in [0.05, 0.1) is 36.2 Å². The molecule has 15 nitrogen and oxygen atoms in total. The number of hydrogen-bond donors (Lipinski definition) is 5. The fourth-order valence-electron chi connectivity index (χ4n) is 9.29. The van der Waals surface area contributed by atoms with E-state index >= 15 is 0 Å². The first-order valence-electron chi connectivity index (χ1n) is 19.4. The molecule has 15 heteroatoms. The van der Waals surface area contributed by atoms with Gasteiger partial charge in [0.1, 0.15) is 35.6 Å². The molecule has 5 N–H and O–H groups in total. The van der Waals surface area contributed by atoms with Gasteiger partial charge in [-0.25, -0.2) is 14.4 Å². The second-order valence-corrected chi connectivity index (χ2v) is 17.5. The highest BCUT2D eigenvalue weighted by Gasteiger charge is 2.74. The quantitative estimate of drug-likeness (QED) is 0.147. The number of rotatable bonds is 8. The Labute approximate surface area is 336 Å². The summed E-state index contributed by atoms with van der Waals surface area (Å²) in [5, 5.41) is 51.1. The SMILES string of the molecule is CC(=O)O[C@@]12CO[C@@H]1C[C@H](O)[C@@H]1C(=O)[C@H](O)C3=C(C)[C@@H](OC(=O)[C@H](O)[C@@H](NC(=O)OC(C)(C)C)c4ccc(C)cc4)C[C@@](O)([C@@H](OC(=O)c4ccccc4)[C@@H]12)C3(C)C. The summed E-state index contributed by atoms with van der Waals surface area (Å²) >= 11 is 0. The lowest BCUT2D eigenvalue weighted by molar-refractivity contribution is -0.332. The van der Waals surface area contributed by atoms with E-state index in [-0.39, 0.29) is 29.7 Å². The minimum absolute atomic E-state index is 0.0552. The van der Waals surface area contributed by atoms with Crippen LogP contribution in [0.5, 0.6) is 0 Å². The number of fused-ring (bicyclic) bond motifs is 5. The van der Waals surface area contributed by atoms with E-state index in [1.807, 2.05) is 6.92 Å². The van der Waals surface area contributed by atoms with E-state index in [2.05, 4.69) is 5.32 Å². The van der Waals surface area contributed by atoms with Crippen LogP contribution in [0.2, 0.25) is 0 Å². The van der Waals surface area contributed by atoms with Gasteiger partial charge in [-0.3, -0.25) is 9.59 Å². The summed E-state index contributed by atoms with van der Waals surface area (Å²) in [5.41, 5.74) is -5.15. The van der Waals surface area contributed by atoms with Crippen molar-refractivity contribution in [3.05, 3.63) is 82.4 Å². The Morgan fingerprint density at radius 1 is 0.966 bits per heavy atom. The van der Waals surface area contributed by atoms with Crippen molar-refractivity contribution in [2.45, 2.75) is 128 Å². The van der Waals surface area contributed by atoms with Gasteiger partial charge in [-0.2, -0.15) is 0 Å². The number of ketones is 1. The molecule has 6 rings (SSSR count). The molecule has 0 unspecified atom stereocenters. The van der Waals surface area contributed by atoms with Crippen molar-refractivity contribution in [3.63, 3.8) is 0 Å². The van der Waals surface area contributed by atoms with Gasteiger partial charge in [0, 0.05) is 25.2 Å². The highest BCUT2D eigenvalue weighted by molar-refractivity contribution is 5.92. The molecule has 1 amide bonds. The Morgan fingerprint density at radius 3 is 2.17 bits per heavy atom. The Kier molecular flexibility index (Phi) is 11.5. The molecule has 2 bridgehead atoms. The molecule has 0 aromatic heterocycles. The van der Waals surface area contributed by atoms with E-state index in [1.54, 1.807) is 77.1 Å². The molecule has 314 valence electrons. The summed E-state index contributed by atoms with van der Waals surface area (Å²) in [5.74, 6) is -6.80. The van der Waals surface area contributed by atoms with Gasteiger partial charge in [0.15, 0.2) is 17.5 Å². The average Bonchev–Trinajstić information content (AvgIpc) is 3.13. The highest BCUT2D eigenvalue weighted by atomic mass is 16.6.